The number of carbonyl (C=O) groups excluding carboxylic acids is 2. The normalized spacial score (nSPS) is 15.6. The van der Waals surface area contributed by atoms with E-state index in [-0.39, 0.29) is 6.42 Å². The molecule has 0 bridgehead atoms. The van der Waals surface area contributed by atoms with E-state index in [2.05, 4.69) is 15.9 Å². The van der Waals surface area contributed by atoms with E-state index in [1.165, 1.54) is 0 Å². The Morgan fingerprint density at radius 3 is 2.27 bits per heavy atom. The number of hydrogen-bond acceptors (Lipinski definition) is 4. The molecule has 0 aromatic rings. The van der Waals surface area contributed by atoms with Crippen LogP contribution in [0.5, 0.6) is 0 Å². The molecule has 15 heavy (non-hydrogen) atoms. The van der Waals surface area contributed by atoms with Crippen molar-refractivity contribution in [2.75, 3.05) is 0 Å². The zero-order chi connectivity index (χ0) is 12.2. The van der Waals surface area contributed by atoms with E-state index in [4.69, 9.17) is 10.5 Å². The van der Waals surface area contributed by atoms with Crippen molar-refractivity contribution in [3.63, 3.8) is 0 Å². The molecule has 0 saturated heterocycles. The fourth-order valence-corrected chi connectivity index (χ4v) is 1.16. The van der Waals surface area contributed by atoms with Crippen molar-refractivity contribution < 1.29 is 18.7 Å². The molecule has 0 aromatic heterocycles. The summed E-state index contributed by atoms with van der Waals surface area (Å²) in [5.41, 5.74) is 4.68. The molecule has 0 radical (unpaired) electrons. The summed E-state index contributed by atoms with van der Waals surface area (Å²) in [5.74, 6) is -1.47. The first-order chi connectivity index (χ1) is 6.63. The van der Waals surface area contributed by atoms with E-state index in [1.807, 2.05) is 0 Å². The number of halogens is 2. The van der Waals surface area contributed by atoms with Crippen LogP contribution in [-0.2, 0) is 14.3 Å². The van der Waals surface area contributed by atoms with Crippen molar-refractivity contribution in [3.05, 3.63) is 0 Å². The van der Waals surface area contributed by atoms with Gasteiger partial charge in [0.2, 0.25) is 5.08 Å². The van der Waals surface area contributed by atoms with Crippen LogP contribution >= 0.6 is 15.9 Å². The topological polar surface area (TPSA) is 69.4 Å². The molecule has 0 saturated carbocycles. The Balaban J connectivity index is 4.14. The molecule has 0 spiro atoms. The minimum atomic E-state index is -1.84. The van der Waals surface area contributed by atoms with Crippen molar-refractivity contribution in [3.8, 4) is 0 Å². The lowest BCUT2D eigenvalue weighted by atomic mass is 10.1. The number of ether oxygens (including phenoxy) is 1. The molecule has 0 fully saturated rings. The van der Waals surface area contributed by atoms with Crippen LogP contribution in [0, 0.1) is 0 Å². The number of carbonyl (C=O) groups is 2. The lowest BCUT2D eigenvalue weighted by molar-refractivity contribution is -0.156. The molecule has 4 nitrogen and oxygen atoms in total. The largest absolute Gasteiger partial charge is 0.460 e. The third-order valence-corrected chi connectivity index (χ3v) is 1.84. The van der Waals surface area contributed by atoms with Crippen molar-refractivity contribution in [2.45, 2.75) is 43.9 Å². The zero-order valence-corrected chi connectivity index (χ0v) is 10.5. The lowest BCUT2D eigenvalue weighted by Gasteiger charge is -2.20. The summed E-state index contributed by atoms with van der Waals surface area (Å²) in [7, 11) is 0. The summed E-state index contributed by atoms with van der Waals surface area (Å²) < 4.78 is 17.4. The second kappa shape index (κ2) is 5.55. The minimum Gasteiger partial charge on any atom is -0.460 e. The summed E-state index contributed by atoms with van der Waals surface area (Å²) in [4.78, 5) is 22.2. The van der Waals surface area contributed by atoms with E-state index >= 15 is 0 Å². The molecule has 0 aromatic carbocycles. The molecule has 0 aliphatic heterocycles. The maximum Gasteiger partial charge on any atom is 0.308 e. The van der Waals surface area contributed by atoms with Gasteiger partial charge >= 0.3 is 5.97 Å². The second-order valence-electron chi connectivity index (χ2n) is 4.10. The Bertz CT molecular complexity index is 250. The monoisotopic (exact) mass is 283 g/mol. The maximum atomic E-state index is 12.5. The molecule has 2 atom stereocenters. The first kappa shape index (κ1) is 14.5. The second-order valence-corrected chi connectivity index (χ2v) is 4.90. The maximum absolute atomic E-state index is 12.5. The predicted octanol–water partition coefficient (Wildman–Crippen LogP) is 1.31. The quantitative estimate of drug-likeness (QED) is 0.624. The van der Waals surface area contributed by atoms with Crippen LogP contribution in [0.3, 0.4) is 0 Å². The molecule has 0 aliphatic carbocycles. The molecule has 2 unspecified atom stereocenters. The number of rotatable bonds is 4. The number of esters is 1. The van der Waals surface area contributed by atoms with Gasteiger partial charge in [0.1, 0.15) is 5.60 Å². The Morgan fingerprint density at radius 1 is 1.47 bits per heavy atom. The molecule has 0 rings (SSSR count). The fraction of sp³-hybridized carbons (Fsp3) is 0.778. The third-order valence-electron chi connectivity index (χ3n) is 1.39. The summed E-state index contributed by atoms with van der Waals surface area (Å²) in [6.07, 6.45) is -0.317. The summed E-state index contributed by atoms with van der Waals surface area (Å²) in [6, 6.07) is -1.17. The van der Waals surface area contributed by atoms with Crippen molar-refractivity contribution in [2.24, 2.45) is 5.73 Å². The van der Waals surface area contributed by atoms with Gasteiger partial charge in [0.05, 0.1) is 12.5 Å². The number of ketones is 1. The standard InChI is InChI=1S/C9H15BrFNO3/c1-9(2,3)15-6(13)4-5(12)7(14)8(10)11/h5,8H,4,12H2,1-3H3. The van der Waals surface area contributed by atoms with Gasteiger partial charge in [0.25, 0.3) is 0 Å². The number of hydrogen-bond donors (Lipinski definition) is 1. The Hall–Kier alpha value is -0.490. The van der Waals surface area contributed by atoms with E-state index in [9.17, 15) is 14.0 Å². The van der Waals surface area contributed by atoms with Crippen LogP contribution in [0.2, 0.25) is 0 Å². The lowest BCUT2D eigenvalue weighted by Crippen LogP contribution is -2.38. The molecular weight excluding hydrogens is 269 g/mol. The highest BCUT2D eigenvalue weighted by Crippen LogP contribution is 2.11. The van der Waals surface area contributed by atoms with E-state index in [1.54, 1.807) is 20.8 Å². The summed E-state index contributed by atoms with van der Waals surface area (Å²) in [6.45, 7) is 5.09. The van der Waals surface area contributed by atoms with Gasteiger partial charge < -0.3 is 10.5 Å². The van der Waals surface area contributed by atoms with Gasteiger partial charge in [-0.2, -0.15) is 0 Å². The van der Waals surface area contributed by atoms with Crippen molar-refractivity contribution in [1.82, 2.24) is 0 Å². The molecular formula is C9H15BrFNO3. The Kier molecular flexibility index (Phi) is 5.37. The number of Topliss-reactive ketones (excluding diaryl/α,β-unsaturated/α-hetero) is 1. The molecule has 6 heteroatoms. The SMILES string of the molecule is CC(C)(C)OC(=O)CC(N)C(=O)C(F)Br. The van der Waals surface area contributed by atoms with Gasteiger partial charge in [0.15, 0.2) is 5.78 Å². The molecule has 2 N–H and O–H groups in total. The highest BCUT2D eigenvalue weighted by atomic mass is 79.9. The van der Waals surface area contributed by atoms with Crippen molar-refractivity contribution >= 4 is 27.7 Å². The Morgan fingerprint density at radius 2 is 1.93 bits per heavy atom. The van der Waals surface area contributed by atoms with E-state index in [0.717, 1.165) is 0 Å². The van der Waals surface area contributed by atoms with Gasteiger partial charge in [-0.05, 0) is 36.7 Å². The smallest absolute Gasteiger partial charge is 0.308 e. The van der Waals surface area contributed by atoms with Crippen LogP contribution in [0.15, 0.2) is 0 Å². The van der Waals surface area contributed by atoms with E-state index in [0.29, 0.717) is 0 Å². The van der Waals surface area contributed by atoms with E-state index < -0.39 is 28.5 Å². The first-order valence-corrected chi connectivity index (χ1v) is 5.34. The predicted molar refractivity (Wildman–Crippen MR) is 57.3 cm³/mol. The van der Waals surface area contributed by atoms with Gasteiger partial charge in [-0.1, -0.05) is 0 Å². The Labute approximate surface area is 96.5 Å². The molecule has 0 heterocycles. The summed E-state index contributed by atoms with van der Waals surface area (Å²) in [5, 5.41) is -1.84. The van der Waals surface area contributed by atoms with Gasteiger partial charge in [-0.15, -0.1) is 0 Å². The van der Waals surface area contributed by atoms with Crippen LogP contribution in [0.4, 0.5) is 4.39 Å². The highest BCUT2D eigenvalue weighted by Gasteiger charge is 2.26. The molecule has 0 aliphatic rings. The highest BCUT2D eigenvalue weighted by molar-refractivity contribution is 9.09. The first-order valence-electron chi connectivity index (χ1n) is 4.43. The third kappa shape index (κ3) is 6.57. The van der Waals surface area contributed by atoms with Gasteiger partial charge in [-0.3, -0.25) is 9.59 Å². The van der Waals surface area contributed by atoms with Crippen LogP contribution in [0.25, 0.3) is 0 Å². The average molecular weight is 284 g/mol. The molecule has 0 amide bonds. The van der Waals surface area contributed by atoms with Gasteiger partial charge in [0, 0.05) is 0 Å². The van der Waals surface area contributed by atoms with Crippen LogP contribution < -0.4 is 5.73 Å². The molecule has 88 valence electrons. The zero-order valence-electron chi connectivity index (χ0n) is 8.92. The minimum absolute atomic E-state index is 0.317. The van der Waals surface area contributed by atoms with Gasteiger partial charge in [-0.25, -0.2) is 4.39 Å². The number of alkyl halides is 2. The summed E-state index contributed by atoms with van der Waals surface area (Å²) >= 11 is 2.44. The average Bonchev–Trinajstić information content (AvgIpc) is 1.98. The van der Waals surface area contributed by atoms with Crippen molar-refractivity contribution in [1.29, 1.82) is 0 Å². The van der Waals surface area contributed by atoms with Crippen LogP contribution in [0.1, 0.15) is 27.2 Å². The van der Waals surface area contributed by atoms with Crippen LogP contribution in [-0.4, -0.2) is 28.5 Å². The number of nitrogens with two attached hydrogens (primary N) is 1. The fourth-order valence-electron chi connectivity index (χ4n) is 0.825.